The highest BCUT2D eigenvalue weighted by molar-refractivity contribution is 6.10. The number of hydrazone groups is 1. The number of aromatic amines is 1. The van der Waals surface area contributed by atoms with Gasteiger partial charge in [0, 0.05) is 0 Å². The average Bonchev–Trinajstić information content (AvgIpc) is 2.93. The molecule has 0 spiro atoms. The predicted molar refractivity (Wildman–Crippen MR) is 78.3 cm³/mol. The van der Waals surface area contributed by atoms with Gasteiger partial charge < -0.3 is 4.98 Å². The molecule has 2 N–H and O–H groups in total. The first-order valence-electron chi connectivity index (χ1n) is 6.21. The van der Waals surface area contributed by atoms with Crippen molar-refractivity contribution in [1.29, 1.82) is 5.26 Å². The Hall–Kier alpha value is -3.20. The van der Waals surface area contributed by atoms with Crippen LogP contribution in [0.1, 0.15) is 5.82 Å². The Morgan fingerprint density at radius 2 is 1.95 bits per heavy atom. The van der Waals surface area contributed by atoms with E-state index in [-0.39, 0.29) is 11.4 Å². The van der Waals surface area contributed by atoms with Crippen LogP contribution in [-0.4, -0.2) is 15.7 Å². The van der Waals surface area contributed by atoms with Crippen molar-refractivity contribution in [2.24, 2.45) is 5.10 Å². The number of anilines is 1. The molecule has 0 atom stereocenters. The number of para-hydroxylation sites is 3. The Morgan fingerprint density at radius 3 is 2.71 bits per heavy atom. The van der Waals surface area contributed by atoms with Crippen LogP contribution in [-0.2, 0) is 0 Å². The summed E-state index contributed by atoms with van der Waals surface area (Å²) in [4.78, 5) is 7.28. The monoisotopic (exact) mass is 279 g/mol. The number of imidazole rings is 1. The van der Waals surface area contributed by atoms with Crippen molar-refractivity contribution in [3.05, 3.63) is 60.2 Å². The number of fused-ring (bicyclic) bond motifs is 1. The van der Waals surface area contributed by atoms with Crippen molar-refractivity contribution in [2.45, 2.75) is 0 Å². The summed E-state index contributed by atoms with van der Waals surface area (Å²) in [6.45, 7) is 0. The highest BCUT2D eigenvalue weighted by atomic mass is 19.1. The summed E-state index contributed by atoms with van der Waals surface area (Å²) in [6, 6.07) is 15.4. The zero-order valence-electron chi connectivity index (χ0n) is 10.8. The molecule has 3 rings (SSSR count). The first-order valence-corrected chi connectivity index (χ1v) is 6.21. The molecular formula is C15H10FN5. The van der Waals surface area contributed by atoms with Crippen LogP contribution in [0.4, 0.5) is 10.1 Å². The summed E-state index contributed by atoms with van der Waals surface area (Å²) in [5, 5.41) is 13.1. The second-order valence-corrected chi connectivity index (χ2v) is 4.27. The molecule has 1 aromatic heterocycles. The standard InChI is InChI=1S/C15H10FN5/c16-10-5-1-2-6-11(10)20-21-14(9-17)15-18-12-7-3-4-8-13(12)19-15/h1-8,20H,(H,18,19)/b21-14+. The van der Waals surface area contributed by atoms with Crippen molar-refractivity contribution >= 4 is 22.4 Å². The Morgan fingerprint density at radius 1 is 1.19 bits per heavy atom. The second-order valence-electron chi connectivity index (χ2n) is 4.27. The van der Waals surface area contributed by atoms with Gasteiger partial charge in [-0.25, -0.2) is 9.37 Å². The van der Waals surface area contributed by atoms with E-state index in [9.17, 15) is 9.65 Å². The van der Waals surface area contributed by atoms with E-state index >= 15 is 0 Å². The maximum atomic E-state index is 13.5. The number of H-pyrrole nitrogens is 1. The lowest BCUT2D eigenvalue weighted by molar-refractivity contribution is 0.630. The number of aromatic nitrogens is 2. The fourth-order valence-corrected chi connectivity index (χ4v) is 1.86. The molecule has 0 saturated heterocycles. The molecule has 102 valence electrons. The van der Waals surface area contributed by atoms with E-state index in [0.29, 0.717) is 5.82 Å². The molecule has 0 aliphatic rings. The summed E-state index contributed by atoms with van der Waals surface area (Å²) in [7, 11) is 0. The van der Waals surface area contributed by atoms with Gasteiger partial charge in [-0.3, -0.25) is 5.43 Å². The highest BCUT2D eigenvalue weighted by Gasteiger charge is 2.09. The molecule has 0 unspecified atom stereocenters. The van der Waals surface area contributed by atoms with Crippen LogP contribution in [0.5, 0.6) is 0 Å². The summed E-state index contributed by atoms with van der Waals surface area (Å²) in [5.74, 6) is -0.106. The van der Waals surface area contributed by atoms with Gasteiger partial charge in [-0.1, -0.05) is 24.3 Å². The van der Waals surface area contributed by atoms with Gasteiger partial charge in [0.05, 0.1) is 16.7 Å². The first-order chi connectivity index (χ1) is 10.3. The van der Waals surface area contributed by atoms with Crippen molar-refractivity contribution in [1.82, 2.24) is 9.97 Å². The summed E-state index contributed by atoms with van der Waals surface area (Å²) < 4.78 is 13.5. The van der Waals surface area contributed by atoms with Crippen LogP contribution in [0.25, 0.3) is 11.0 Å². The van der Waals surface area contributed by atoms with Gasteiger partial charge in [-0.2, -0.15) is 10.4 Å². The topological polar surface area (TPSA) is 76.9 Å². The summed E-state index contributed by atoms with van der Waals surface area (Å²) in [6.07, 6.45) is 0. The van der Waals surface area contributed by atoms with Crippen LogP contribution in [0.15, 0.2) is 53.6 Å². The number of nitriles is 1. The van der Waals surface area contributed by atoms with Crippen LogP contribution < -0.4 is 5.43 Å². The second kappa shape index (κ2) is 5.43. The molecule has 21 heavy (non-hydrogen) atoms. The van der Waals surface area contributed by atoms with Crippen LogP contribution >= 0.6 is 0 Å². The number of benzene rings is 2. The van der Waals surface area contributed by atoms with Gasteiger partial charge in [0.2, 0.25) is 5.71 Å². The lowest BCUT2D eigenvalue weighted by Crippen LogP contribution is -2.04. The quantitative estimate of drug-likeness (QED) is 0.571. The minimum absolute atomic E-state index is 0.0504. The van der Waals surface area contributed by atoms with Crippen molar-refractivity contribution in [2.75, 3.05) is 5.43 Å². The normalized spacial score (nSPS) is 11.3. The molecule has 0 saturated carbocycles. The number of hydrogen-bond acceptors (Lipinski definition) is 4. The van der Waals surface area contributed by atoms with Crippen molar-refractivity contribution < 1.29 is 4.39 Å². The van der Waals surface area contributed by atoms with E-state index in [1.165, 1.54) is 12.1 Å². The Bertz CT molecular complexity index is 827. The van der Waals surface area contributed by atoms with E-state index in [4.69, 9.17) is 0 Å². The molecule has 2 aromatic carbocycles. The largest absolute Gasteiger partial charge is 0.336 e. The zero-order valence-corrected chi connectivity index (χ0v) is 10.8. The molecule has 6 heteroatoms. The van der Waals surface area contributed by atoms with E-state index in [2.05, 4.69) is 20.5 Å². The molecule has 0 aliphatic heterocycles. The third-order valence-corrected chi connectivity index (χ3v) is 2.88. The molecule has 1 heterocycles. The van der Waals surface area contributed by atoms with E-state index in [0.717, 1.165) is 11.0 Å². The lowest BCUT2D eigenvalue weighted by Gasteiger charge is -2.01. The molecule has 0 fully saturated rings. The van der Waals surface area contributed by atoms with Gasteiger partial charge in [-0.05, 0) is 24.3 Å². The minimum Gasteiger partial charge on any atom is -0.336 e. The van der Waals surface area contributed by atoms with Gasteiger partial charge >= 0.3 is 0 Å². The molecule has 0 radical (unpaired) electrons. The molecule has 0 bridgehead atoms. The summed E-state index contributed by atoms with van der Waals surface area (Å²) in [5.41, 5.74) is 4.33. The van der Waals surface area contributed by atoms with E-state index in [1.54, 1.807) is 12.1 Å². The average molecular weight is 279 g/mol. The highest BCUT2D eigenvalue weighted by Crippen LogP contribution is 2.14. The van der Waals surface area contributed by atoms with Gasteiger partial charge in [0.15, 0.2) is 5.82 Å². The van der Waals surface area contributed by atoms with Gasteiger partial charge in [-0.15, -0.1) is 0 Å². The number of hydrogen-bond donors (Lipinski definition) is 2. The Labute approximate surface area is 119 Å². The van der Waals surface area contributed by atoms with Gasteiger partial charge in [0.25, 0.3) is 0 Å². The molecule has 0 amide bonds. The van der Waals surface area contributed by atoms with Gasteiger partial charge in [0.1, 0.15) is 11.9 Å². The van der Waals surface area contributed by atoms with Crippen LogP contribution in [0.2, 0.25) is 0 Å². The minimum atomic E-state index is -0.442. The number of nitrogens with zero attached hydrogens (tertiary/aromatic N) is 3. The summed E-state index contributed by atoms with van der Waals surface area (Å²) >= 11 is 0. The fourth-order valence-electron chi connectivity index (χ4n) is 1.86. The SMILES string of the molecule is N#C/C(=N\Nc1ccccc1F)c1nc2ccccc2[nH]1. The number of nitrogens with one attached hydrogen (secondary N) is 2. The predicted octanol–water partition coefficient (Wildman–Crippen LogP) is 3.04. The van der Waals surface area contributed by atoms with E-state index < -0.39 is 5.82 Å². The Kier molecular flexibility index (Phi) is 3.31. The third kappa shape index (κ3) is 2.58. The number of halogens is 1. The lowest BCUT2D eigenvalue weighted by atomic mass is 10.3. The maximum Gasteiger partial charge on any atom is 0.203 e. The zero-order chi connectivity index (χ0) is 14.7. The molecule has 5 nitrogen and oxygen atoms in total. The Balaban J connectivity index is 1.93. The van der Waals surface area contributed by atoms with Crippen LogP contribution in [0, 0.1) is 17.1 Å². The van der Waals surface area contributed by atoms with Crippen molar-refractivity contribution in [3.63, 3.8) is 0 Å². The third-order valence-electron chi connectivity index (χ3n) is 2.88. The first kappa shape index (κ1) is 12.8. The maximum absolute atomic E-state index is 13.5. The molecule has 0 aliphatic carbocycles. The number of rotatable bonds is 3. The fraction of sp³-hybridized carbons (Fsp3) is 0. The smallest absolute Gasteiger partial charge is 0.203 e. The van der Waals surface area contributed by atoms with Crippen molar-refractivity contribution in [3.8, 4) is 6.07 Å². The molecular weight excluding hydrogens is 269 g/mol. The van der Waals surface area contributed by atoms with E-state index in [1.807, 2.05) is 30.3 Å². The van der Waals surface area contributed by atoms with Crippen LogP contribution in [0.3, 0.4) is 0 Å². The molecule has 3 aromatic rings.